The third-order valence-electron chi connectivity index (χ3n) is 4.57. The Morgan fingerprint density at radius 1 is 0.966 bits per heavy atom. The molecule has 0 radical (unpaired) electrons. The molecule has 0 saturated heterocycles. The lowest BCUT2D eigenvalue weighted by Crippen LogP contribution is -2.18. The standard InChI is InChI=1S/C19H24O.C8H12O/c1-5-14-6-9-16(10-7-14)17-11-8-15(12-18(17)20)13-19(2,3)4;1-5-6-7(9)8(2,3)4/h6-12,20H,5,13H2,1-4H3;1H,6H2,2-4H3. The number of ketones is 1. The Bertz CT molecular complexity index is 838. The number of hydrogen-bond donors (Lipinski definition) is 1. The normalized spacial score (nSPS) is 11.2. The van der Waals surface area contributed by atoms with E-state index in [1.54, 1.807) is 0 Å². The molecule has 0 aliphatic carbocycles. The van der Waals surface area contributed by atoms with E-state index in [0.29, 0.717) is 5.75 Å². The third-order valence-corrected chi connectivity index (χ3v) is 4.57. The largest absolute Gasteiger partial charge is 0.507 e. The number of aromatic hydroxyl groups is 1. The summed E-state index contributed by atoms with van der Waals surface area (Å²) in [6.45, 7) is 14.4. The molecule has 0 heterocycles. The Morgan fingerprint density at radius 3 is 1.90 bits per heavy atom. The molecular weight excluding hydrogens is 356 g/mol. The number of benzene rings is 2. The van der Waals surface area contributed by atoms with E-state index in [1.165, 1.54) is 11.1 Å². The molecular formula is C27H36O2. The van der Waals surface area contributed by atoms with Gasteiger partial charge in [-0.3, -0.25) is 4.79 Å². The van der Waals surface area contributed by atoms with E-state index in [9.17, 15) is 9.90 Å². The number of phenolic OH excluding ortho intramolecular Hbond substituents is 1. The lowest BCUT2D eigenvalue weighted by atomic mass is 9.87. The number of Topliss-reactive ketones (excluding diaryl/α,β-unsaturated/α-hetero) is 1. The molecule has 29 heavy (non-hydrogen) atoms. The molecule has 0 bridgehead atoms. The summed E-state index contributed by atoms with van der Waals surface area (Å²) in [5, 5.41) is 10.3. The lowest BCUT2D eigenvalue weighted by Gasteiger charge is -2.18. The molecule has 0 fully saturated rings. The van der Waals surface area contributed by atoms with Crippen molar-refractivity contribution < 1.29 is 9.90 Å². The molecule has 1 N–H and O–H groups in total. The van der Waals surface area contributed by atoms with Crippen LogP contribution in [0, 0.1) is 23.2 Å². The monoisotopic (exact) mass is 392 g/mol. The number of terminal acetylenes is 1. The highest BCUT2D eigenvalue weighted by Crippen LogP contribution is 2.32. The molecule has 0 aromatic heterocycles. The Morgan fingerprint density at radius 2 is 1.52 bits per heavy atom. The highest BCUT2D eigenvalue weighted by molar-refractivity contribution is 5.85. The van der Waals surface area contributed by atoms with Crippen LogP contribution in [0.15, 0.2) is 42.5 Å². The van der Waals surface area contributed by atoms with Gasteiger partial charge in [0.15, 0.2) is 0 Å². The SMILES string of the molecule is C#CCC(=O)C(C)(C)C.CCc1ccc(-c2ccc(CC(C)(C)C)cc2O)cc1. The van der Waals surface area contributed by atoms with Gasteiger partial charge in [0.2, 0.25) is 0 Å². The van der Waals surface area contributed by atoms with Crippen LogP contribution in [0.4, 0.5) is 0 Å². The highest BCUT2D eigenvalue weighted by Gasteiger charge is 2.19. The van der Waals surface area contributed by atoms with Crippen molar-refractivity contribution in [2.45, 2.75) is 67.7 Å². The van der Waals surface area contributed by atoms with Crippen molar-refractivity contribution >= 4 is 5.78 Å². The number of phenols is 1. The molecule has 2 aromatic rings. The zero-order valence-corrected chi connectivity index (χ0v) is 19.1. The van der Waals surface area contributed by atoms with Gasteiger partial charge in [0, 0.05) is 11.0 Å². The first-order chi connectivity index (χ1) is 13.4. The maximum Gasteiger partial charge on any atom is 0.150 e. The minimum atomic E-state index is -0.271. The second-order valence-electron chi connectivity index (χ2n) is 9.69. The van der Waals surface area contributed by atoms with Crippen LogP contribution < -0.4 is 0 Å². The maximum atomic E-state index is 10.9. The van der Waals surface area contributed by atoms with E-state index in [2.05, 4.69) is 63.9 Å². The zero-order valence-electron chi connectivity index (χ0n) is 19.1. The summed E-state index contributed by atoms with van der Waals surface area (Å²) >= 11 is 0. The van der Waals surface area contributed by atoms with Crippen LogP contribution in [0.3, 0.4) is 0 Å². The van der Waals surface area contributed by atoms with Crippen LogP contribution >= 0.6 is 0 Å². The predicted octanol–water partition coefficient (Wildman–Crippen LogP) is 6.84. The van der Waals surface area contributed by atoms with E-state index < -0.39 is 0 Å². The van der Waals surface area contributed by atoms with Crippen LogP contribution in [0.1, 0.15) is 66.0 Å². The summed E-state index contributed by atoms with van der Waals surface area (Å²) in [6.07, 6.45) is 7.22. The summed E-state index contributed by atoms with van der Waals surface area (Å²) < 4.78 is 0. The smallest absolute Gasteiger partial charge is 0.150 e. The van der Waals surface area contributed by atoms with Crippen LogP contribution in [0.2, 0.25) is 0 Å². The molecule has 0 amide bonds. The van der Waals surface area contributed by atoms with E-state index in [-0.39, 0.29) is 23.0 Å². The first kappa shape index (κ1) is 24.5. The fourth-order valence-corrected chi connectivity index (χ4v) is 2.82. The van der Waals surface area contributed by atoms with Crippen molar-refractivity contribution in [3.05, 3.63) is 53.6 Å². The lowest BCUT2D eigenvalue weighted by molar-refractivity contribution is -0.125. The van der Waals surface area contributed by atoms with Crippen molar-refractivity contribution in [2.75, 3.05) is 0 Å². The quantitative estimate of drug-likeness (QED) is 0.579. The topological polar surface area (TPSA) is 37.3 Å². The fourth-order valence-electron chi connectivity index (χ4n) is 2.82. The van der Waals surface area contributed by atoms with E-state index in [1.807, 2.05) is 32.9 Å². The van der Waals surface area contributed by atoms with Gasteiger partial charge in [-0.25, -0.2) is 0 Å². The summed E-state index contributed by atoms with van der Waals surface area (Å²) in [5.41, 5.74) is 4.44. The van der Waals surface area contributed by atoms with Crippen LogP contribution in [-0.4, -0.2) is 10.9 Å². The minimum absolute atomic E-state index is 0.130. The minimum Gasteiger partial charge on any atom is -0.507 e. The molecule has 2 rings (SSSR count). The maximum absolute atomic E-state index is 10.9. The van der Waals surface area contributed by atoms with Gasteiger partial charge in [-0.2, -0.15) is 0 Å². The number of carbonyl (C=O) groups is 1. The molecule has 2 heteroatoms. The van der Waals surface area contributed by atoms with Crippen LogP contribution in [0.5, 0.6) is 5.75 Å². The summed E-state index contributed by atoms with van der Waals surface area (Å²) in [6, 6.07) is 14.4. The Kier molecular flexibility index (Phi) is 8.71. The van der Waals surface area contributed by atoms with Gasteiger partial charge >= 0.3 is 0 Å². The summed E-state index contributed by atoms with van der Waals surface area (Å²) in [4.78, 5) is 10.9. The number of carbonyl (C=O) groups excluding carboxylic acids is 1. The molecule has 0 saturated carbocycles. The zero-order chi connectivity index (χ0) is 22.2. The number of hydrogen-bond acceptors (Lipinski definition) is 2. The van der Waals surface area contributed by atoms with Crippen molar-refractivity contribution in [1.82, 2.24) is 0 Å². The second kappa shape index (κ2) is 10.3. The highest BCUT2D eigenvalue weighted by atomic mass is 16.3. The van der Waals surface area contributed by atoms with Crippen LogP contribution in [0.25, 0.3) is 11.1 Å². The van der Waals surface area contributed by atoms with Gasteiger partial charge in [-0.15, -0.1) is 6.42 Å². The van der Waals surface area contributed by atoms with Crippen molar-refractivity contribution in [2.24, 2.45) is 10.8 Å². The molecule has 0 atom stereocenters. The molecule has 156 valence electrons. The Balaban J connectivity index is 0.000000396. The van der Waals surface area contributed by atoms with Crippen molar-refractivity contribution in [3.8, 4) is 29.2 Å². The van der Waals surface area contributed by atoms with Gasteiger partial charge in [0.25, 0.3) is 0 Å². The summed E-state index contributed by atoms with van der Waals surface area (Å²) in [5.74, 6) is 2.83. The number of aryl methyl sites for hydroxylation is 1. The average Bonchev–Trinajstić information content (AvgIpc) is 2.61. The molecule has 0 aliphatic heterocycles. The fraction of sp³-hybridized carbons (Fsp3) is 0.444. The molecule has 2 nitrogen and oxygen atoms in total. The Hall–Kier alpha value is -2.53. The Labute approximate surface area is 177 Å². The summed E-state index contributed by atoms with van der Waals surface area (Å²) in [7, 11) is 0. The molecule has 0 unspecified atom stereocenters. The number of rotatable bonds is 4. The van der Waals surface area contributed by atoms with Crippen molar-refractivity contribution in [3.63, 3.8) is 0 Å². The van der Waals surface area contributed by atoms with E-state index in [0.717, 1.165) is 24.0 Å². The molecule has 0 aliphatic rings. The van der Waals surface area contributed by atoms with E-state index >= 15 is 0 Å². The second-order valence-corrected chi connectivity index (χ2v) is 9.69. The van der Waals surface area contributed by atoms with Crippen molar-refractivity contribution in [1.29, 1.82) is 0 Å². The van der Waals surface area contributed by atoms with Gasteiger partial charge < -0.3 is 5.11 Å². The van der Waals surface area contributed by atoms with Gasteiger partial charge in [-0.05, 0) is 41.0 Å². The van der Waals surface area contributed by atoms with Crippen LogP contribution in [-0.2, 0) is 17.6 Å². The first-order valence-corrected chi connectivity index (χ1v) is 10.3. The first-order valence-electron chi connectivity index (χ1n) is 10.3. The third kappa shape index (κ3) is 8.57. The van der Waals surface area contributed by atoms with E-state index in [4.69, 9.17) is 6.42 Å². The predicted molar refractivity (Wildman–Crippen MR) is 124 cm³/mol. The molecule has 2 aromatic carbocycles. The average molecular weight is 393 g/mol. The van der Waals surface area contributed by atoms with Gasteiger partial charge in [0.05, 0.1) is 6.42 Å². The van der Waals surface area contributed by atoms with Gasteiger partial charge in [0.1, 0.15) is 11.5 Å². The molecule has 0 spiro atoms. The van der Waals surface area contributed by atoms with Gasteiger partial charge in [-0.1, -0.05) is 90.8 Å².